The van der Waals surface area contributed by atoms with Crippen molar-refractivity contribution in [1.82, 2.24) is 5.32 Å². The summed E-state index contributed by atoms with van der Waals surface area (Å²) in [6.45, 7) is 8.84. The minimum Gasteiger partial charge on any atom is -0.313 e. The van der Waals surface area contributed by atoms with Crippen molar-refractivity contribution in [2.75, 3.05) is 6.54 Å². The van der Waals surface area contributed by atoms with Crippen LogP contribution < -0.4 is 5.32 Å². The van der Waals surface area contributed by atoms with Gasteiger partial charge in [0.2, 0.25) is 0 Å². The Kier molecular flexibility index (Phi) is 7.75. The first-order valence-corrected chi connectivity index (χ1v) is 7.51. The molecule has 102 valence electrons. The maximum atomic E-state index is 3.56. The summed E-state index contributed by atoms with van der Waals surface area (Å²) >= 11 is 0. The molecule has 1 N–H and O–H groups in total. The second-order valence-electron chi connectivity index (χ2n) is 5.30. The van der Waals surface area contributed by atoms with Gasteiger partial charge in [-0.3, -0.25) is 0 Å². The van der Waals surface area contributed by atoms with Gasteiger partial charge in [0.05, 0.1) is 0 Å². The number of rotatable bonds is 9. The molecule has 1 aromatic carbocycles. The second kappa shape index (κ2) is 9.16. The maximum Gasteiger partial charge on any atom is 0.0208 e. The smallest absolute Gasteiger partial charge is 0.0208 e. The van der Waals surface area contributed by atoms with E-state index in [1.165, 1.54) is 55.2 Å². The molecule has 0 aromatic heterocycles. The molecular formula is C17H29N. The zero-order valence-electron chi connectivity index (χ0n) is 12.4. The minimum absolute atomic E-state index is 1.02. The number of hydrogen-bond acceptors (Lipinski definition) is 1. The third-order valence-electron chi connectivity index (χ3n) is 3.74. The lowest BCUT2D eigenvalue weighted by molar-refractivity contribution is 0.571. The summed E-state index contributed by atoms with van der Waals surface area (Å²) in [5, 5.41) is 3.56. The molecule has 0 aliphatic carbocycles. The molecule has 0 saturated heterocycles. The van der Waals surface area contributed by atoms with Crippen LogP contribution >= 0.6 is 0 Å². The minimum atomic E-state index is 1.02. The van der Waals surface area contributed by atoms with E-state index in [0.29, 0.717) is 0 Å². The van der Waals surface area contributed by atoms with Crippen molar-refractivity contribution in [3.8, 4) is 0 Å². The average molecular weight is 247 g/mol. The molecule has 0 unspecified atom stereocenters. The lowest BCUT2D eigenvalue weighted by Crippen LogP contribution is -2.15. The van der Waals surface area contributed by atoms with E-state index < -0.39 is 0 Å². The Bertz CT molecular complexity index is 330. The Hall–Kier alpha value is -0.820. The summed E-state index contributed by atoms with van der Waals surface area (Å²) in [5.41, 5.74) is 4.28. The predicted octanol–water partition coefficient (Wildman–Crippen LogP) is 4.75. The molecule has 0 bridgehead atoms. The van der Waals surface area contributed by atoms with Gasteiger partial charge >= 0.3 is 0 Å². The first-order valence-electron chi connectivity index (χ1n) is 7.51. The molecule has 1 heteroatoms. The molecule has 0 heterocycles. The first kappa shape index (κ1) is 15.2. The van der Waals surface area contributed by atoms with E-state index in [4.69, 9.17) is 0 Å². The standard InChI is InChI=1S/C17H29N/c1-4-5-6-7-8-9-13-18-14-17-12-10-11-15(2)16(17)3/h10-12,18H,4-9,13-14H2,1-3H3. The monoisotopic (exact) mass is 247 g/mol. The Morgan fingerprint density at radius 1 is 0.944 bits per heavy atom. The molecule has 0 saturated carbocycles. The Labute approximate surface area is 113 Å². The van der Waals surface area contributed by atoms with Crippen molar-refractivity contribution in [2.45, 2.75) is 65.8 Å². The van der Waals surface area contributed by atoms with Gasteiger partial charge in [0.1, 0.15) is 0 Å². The van der Waals surface area contributed by atoms with Crippen molar-refractivity contribution in [3.63, 3.8) is 0 Å². The maximum absolute atomic E-state index is 3.56. The lowest BCUT2D eigenvalue weighted by atomic mass is 10.0. The van der Waals surface area contributed by atoms with Crippen molar-refractivity contribution in [3.05, 3.63) is 34.9 Å². The van der Waals surface area contributed by atoms with Crippen LogP contribution in [0.15, 0.2) is 18.2 Å². The lowest BCUT2D eigenvalue weighted by Gasteiger charge is -2.09. The van der Waals surface area contributed by atoms with Crippen LogP contribution in [0.25, 0.3) is 0 Å². The average Bonchev–Trinajstić information content (AvgIpc) is 2.37. The fourth-order valence-electron chi connectivity index (χ4n) is 2.26. The van der Waals surface area contributed by atoms with Gasteiger partial charge in [0.15, 0.2) is 0 Å². The summed E-state index contributed by atoms with van der Waals surface area (Å²) in [6.07, 6.45) is 8.24. The number of unbranched alkanes of at least 4 members (excludes halogenated alkanes) is 5. The van der Waals surface area contributed by atoms with E-state index >= 15 is 0 Å². The Morgan fingerprint density at radius 2 is 1.67 bits per heavy atom. The number of aryl methyl sites for hydroxylation is 1. The third kappa shape index (κ3) is 5.68. The highest BCUT2D eigenvalue weighted by atomic mass is 14.8. The number of nitrogens with one attached hydrogen (secondary N) is 1. The van der Waals surface area contributed by atoms with Crippen molar-refractivity contribution in [2.24, 2.45) is 0 Å². The molecule has 1 rings (SSSR count). The normalized spacial score (nSPS) is 10.8. The number of benzene rings is 1. The summed E-state index contributed by atoms with van der Waals surface area (Å²) < 4.78 is 0. The largest absolute Gasteiger partial charge is 0.313 e. The summed E-state index contributed by atoms with van der Waals surface area (Å²) in [7, 11) is 0. The fourth-order valence-corrected chi connectivity index (χ4v) is 2.26. The van der Waals surface area contributed by atoms with Gasteiger partial charge < -0.3 is 5.32 Å². The van der Waals surface area contributed by atoms with Gasteiger partial charge in [-0.15, -0.1) is 0 Å². The van der Waals surface area contributed by atoms with Gasteiger partial charge in [-0.05, 0) is 43.5 Å². The van der Waals surface area contributed by atoms with Gasteiger partial charge in [-0.1, -0.05) is 57.2 Å². The van der Waals surface area contributed by atoms with Crippen LogP contribution in [0.3, 0.4) is 0 Å². The molecule has 0 aliphatic heterocycles. The second-order valence-corrected chi connectivity index (χ2v) is 5.30. The zero-order valence-corrected chi connectivity index (χ0v) is 12.4. The molecule has 0 fully saturated rings. The van der Waals surface area contributed by atoms with E-state index in [-0.39, 0.29) is 0 Å². The Morgan fingerprint density at radius 3 is 2.44 bits per heavy atom. The topological polar surface area (TPSA) is 12.0 Å². The Balaban J connectivity index is 2.09. The highest BCUT2D eigenvalue weighted by molar-refractivity contribution is 5.32. The van der Waals surface area contributed by atoms with Crippen LogP contribution in [0, 0.1) is 13.8 Å². The molecule has 0 radical (unpaired) electrons. The van der Waals surface area contributed by atoms with Gasteiger partial charge in [-0.25, -0.2) is 0 Å². The first-order chi connectivity index (χ1) is 8.75. The molecule has 0 spiro atoms. The van der Waals surface area contributed by atoms with Gasteiger partial charge in [0.25, 0.3) is 0 Å². The van der Waals surface area contributed by atoms with E-state index in [1.807, 2.05) is 0 Å². The molecule has 1 aromatic rings. The molecule has 18 heavy (non-hydrogen) atoms. The van der Waals surface area contributed by atoms with Gasteiger partial charge in [0, 0.05) is 6.54 Å². The van der Waals surface area contributed by atoms with Crippen molar-refractivity contribution < 1.29 is 0 Å². The van der Waals surface area contributed by atoms with Crippen molar-refractivity contribution >= 4 is 0 Å². The summed E-state index contributed by atoms with van der Waals surface area (Å²) in [4.78, 5) is 0. The molecule has 1 nitrogen and oxygen atoms in total. The SMILES string of the molecule is CCCCCCCCNCc1cccc(C)c1C. The van der Waals surface area contributed by atoms with E-state index in [9.17, 15) is 0 Å². The van der Waals surface area contributed by atoms with Crippen LogP contribution in [0.4, 0.5) is 0 Å². The number of hydrogen-bond donors (Lipinski definition) is 1. The van der Waals surface area contributed by atoms with Crippen LogP contribution in [-0.4, -0.2) is 6.54 Å². The van der Waals surface area contributed by atoms with Crippen LogP contribution in [0.5, 0.6) is 0 Å². The predicted molar refractivity (Wildman–Crippen MR) is 81.0 cm³/mol. The van der Waals surface area contributed by atoms with Gasteiger partial charge in [-0.2, -0.15) is 0 Å². The molecule has 0 amide bonds. The van der Waals surface area contributed by atoms with E-state index in [1.54, 1.807) is 0 Å². The highest BCUT2D eigenvalue weighted by Gasteiger charge is 1.99. The van der Waals surface area contributed by atoms with Crippen LogP contribution in [0.2, 0.25) is 0 Å². The molecular weight excluding hydrogens is 218 g/mol. The molecule has 0 aliphatic rings. The highest BCUT2D eigenvalue weighted by Crippen LogP contribution is 2.12. The summed E-state index contributed by atoms with van der Waals surface area (Å²) in [6, 6.07) is 6.58. The summed E-state index contributed by atoms with van der Waals surface area (Å²) in [5.74, 6) is 0. The van der Waals surface area contributed by atoms with E-state index in [2.05, 4.69) is 44.3 Å². The van der Waals surface area contributed by atoms with E-state index in [0.717, 1.165) is 13.1 Å². The van der Waals surface area contributed by atoms with Crippen LogP contribution in [-0.2, 0) is 6.54 Å². The zero-order chi connectivity index (χ0) is 13.2. The third-order valence-corrected chi connectivity index (χ3v) is 3.74. The van der Waals surface area contributed by atoms with Crippen molar-refractivity contribution in [1.29, 1.82) is 0 Å². The molecule has 0 atom stereocenters. The van der Waals surface area contributed by atoms with Crippen LogP contribution in [0.1, 0.15) is 62.1 Å². The fraction of sp³-hybridized carbons (Fsp3) is 0.647. The quantitative estimate of drug-likeness (QED) is 0.621.